The summed E-state index contributed by atoms with van der Waals surface area (Å²) in [4.78, 5) is 11.4. The van der Waals surface area contributed by atoms with Crippen molar-refractivity contribution in [2.45, 2.75) is 0 Å². The first-order chi connectivity index (χ1) is 6.60. The molecule has 0 aromatic heterocycles. The van der Waals surface area contributed by atoms with Crippen LogP contribution in [-0.2, 0) is 0 Å². The van der Waals surface area contributed by atoms with Crippen LogP contribution in [0, 0.1) is 0 Å². The van der Waals surface area contributed by atoms with Crippen LogP contribution in [0.5, 0.6) is 5.75 Å². The third kappa shape index (κ3) is 2.52. The lowest BCUT2D eigenvalue weighted by Crippen LogP contribution is -2.02. The molecule has 1 aromatic rings. The molecule has 0 unspecified atom stereocenters. The zero-order valence-corrected chi connectivity index (χ0v) is 11.0. The summed E-state index contributed by atoms with van der Waals surface area (Å²) in [7, 11) is 1.52. The molecular weight excluding hydrogens is 338 g/mol. The summed E-state index contributed by atoms with van der Waals surface area (Å²) in [5.74, 6) is 0.466. The van der Waals surface area contributed by atoms with E-state index < -0.39 is 0 Å². The Hall–Kier alpha value is -0.0000000000000000555. The van der Waals surface area contributed by atoms with Crippen molar-refractivity contribution in [1.29, 1.82) is 0 Å². The number of Topliss-reactive ketones (excluding diaryl/α,β-unsaturated/α-hetero) is 1. The molecule has 0 amide bonds. The number of ether oxygens (including phenoxy) is 1. The zero-order chi connectivity index (χ0) is 10.7. The van der Waals surface area contributed by atoms with Gasteiger partial charge in [0.2, 0.25) is 0 Å². The normalized spacial score (nSPS) is 10.0. The molecular formula is C9H7Cl2IO2. The van der Waals surface area contributed by atoms with Gasteiger partial charge in [-0.15, -0.1) is 0 Å². The number of alkyl halides is 1. The SMILES string of the molecule is COc1cc(Cl)c(C(=O)CI)c(Cl)c1. The van der Waals surface area contributed by atoms with Crippen LogP contribution >= 0.6 is 45.8 Å². The summed E-state index contributed by atoms with van der Waals surface area (Å²) in [5.41, 5.74) is 0.364. The molecule has 0 bridgehead atoms. The van der Waals surface area contributed by atoms with E-state index in [0.717, 1.165) is 0 Å². The molecule has 0 aliphatic heterocycles. The zero-order valence-electron chi connectivity index (χ0n) is 7.31. The van der Waals surface area contributed by atoms with E-state index in [-0.39, 0.29) is 5.78 Å². The second kappa shape index (κ2) is 5.19. The maximum Gasteiger partial charge on any atom is 0.175 e. The molecule has 1 rings (SSSR count). The van der Waals surface area contributed by atoms with Crippen LogP contribution in [0.2, 0.25) is 10.0 Å². The van der Waals surface area contributed by atoms with Crippen molar-refractivity contribution in [1.82, 2.24) is 0 Å². The molecule has 0 fully saturated rings. The lowest BCUT2D eigenvalue weighted by Gasteiger charge is -2.06. The van der Waals surface area contributed by atoms with Gasteiger partial charge in [-0.2, -0.15) is 0 Å². The van der Waals surface area contributed by atoms with Gasteiger partial charge in [-0.1, -0.05) is 45.8 Å². The van der Waals surface area contributed by atoms with Crippen LogP contribution in [0.15, 0.2) is 12.1 Å². The number of hydrogen-bond acceptors (Lipinski definition) is 2. The highest BCUT2D eigenvalue weighted by atomic mass is 127. The highest BCUT2D eigenvalue weighted by molar-refractivity contribution is 14.1. The quantitative estimate of drug-likeness (QED) is 0.475. The molecule has 0 spiro atoms. The van der Waals surface area contributed by atoms with Crippen molar-refractivity contribution in [2.24, 2.45) is 0 Å². The Morgan fingerprint density at radius 1 is 1.43 bits per heavy atom. The summed E-state index contributed by atoms with van der Waals surface area (Å²) in [6, 6.07) is 3.15. The molecule has 2 nitrogen and oxygen atoms in total. The van der Waals surface area contributed by atoms with E-state index in [1.807, 2.05) is 22.6 Å². The molecule has 5 heteroatoms. The highest BCUT2D eigenvalue weighted by Gasteiger charge is 2.14. The average Bonchev–Trinajstić information content (AvgIpc) is 2.16. The Labute approximate surface area is 106 Å². The average molecular weight is 345 g/mol. The van der Waals surface area contributed by atoms with Crippen molar-refractivity contribution < 1.29 is 9.53 Å². The number of hydrogen-bond donors (Lipinski definition) is 0. The van der Waals surface area contributed by atoms with E-state index >= 15 is 0 Å². The smallest absolute Gasteiger partial charge is 0.175 e. The van der Waals surface area contributed by atoms with Gasteiger partial charge in [0, 0.05) is 0 Å². The Morgan fingerprint density at radius 3 is 2.29 bits per heavy atom. The number of carbonyl (C=O) groups excluding carboxylic acids is 1. The number of carbonyl (C=O) groups is 1. The summed E-state index contributed by atoms with van der Waals surface area (Å²) in [6.07, 6.45) is 0. The molecule has 0 heterocycles. The Morgan fingerprint density at radius 2 is 1.93 bits per heavy atom. The predicted octanol–water partition coefficient (Wildman–Crippen LogP) is 3.62. The highest BCUT2D eigenvalue weighted by Crippen LogP contribution is 2.30. The van der Waals surface area contributed by atoms with Crippen molar-refractivity contribution in [3.63, 3.8) is 0 Å². The lowest BCUT2D eigenvalue weighted by molar-refractivity contribution is 0.102. The van der Waals surface area contributed by atoms with Crippen molar-refractivity contribution in [3.8, 4) is 5.75 Å². The summed E-state index contributed by atoms with van der Waals surface area (Å²) < 4.78 is 5.31. The first-order valence-corrected chi connectivity index (χ1v) is 6.00. The Bertz CT molecular complexity index is 343. The Balaban J connectivity index is 3.25. The van der Waals surface area contributed by atoms with Gasteiger partial charge in [0.15, 0.2) is 5.78 Å². The first kappa shape index (κ1) is 12.1. The molecule has 14 heavy (non-hydrogen) atoms. The van der Waals surface area contributed by atoms with Crippen LogP contribution in [-0.4, -0.2) is 17.3 Å². The van der Waals surface area contributed by atoms with E-state index in [1.54, 1.807) is 12.1 Å². The molecule has 0 saturated carbocycles. The summed E-state index contributed by atoms with van der Waals surface area (Å²) in [5, 5.41) is 0.659. The number of ketones is 1. The lowest BCUT2D eigenvalue weighted by atomic mass is 10.1. The topological polar surface area (TPSA) is 26.3 Å². The standard InChI is InChI=1S/C9H7Cl2IO2/c1-14-5-2-6(10)9(7(11)3-5)8(13)4-12/h2-3H,4H2,1H3. The number of benzene rings is 1. The van der Waals surface area contributed by atoms with Crippen LogP contribution in [0.3, 0.4) is 0 Å². The van der Waals surface area contributed by atoms with Crippen molar-refractivity contribution in [2.75, 3.05) is 11.5 Å². The molecule has 76 valence electrons. The number of halogens is 3. The van der Waals surface area contributed by atoms with Gasteiger partial charge in [0.05, 0.1) is 27.1 Å². The van der Waals surface area contributed by atoms with E-state index in [1.165, 1.54) is 7.11 Å². The fraction of sp³-hybridized carbons (Fsp3) is 0.222. The minimum Gasteiger partial charge on any atom is -0.497 e. The van der Waals surface area contributed by atoms with E-state index in [0.29, 0.717) is 25.8 Å². The molecule has 0 radical (unpaired) electrons. The minimum absolute atomic E-state index is 0.0803. The van der Waals surface area contributed by atoms with E-state index in [4.69, 9.17) is 27.9 Å². The maximum atomic E-state index is 11.4. The summed E-state index contributed by atoms with van der Waals surface area (Å²) in [6.45, 7) is 0. The van der Waals surface area contributed by atoms with Gasteiger partial charge in [0.1, 0.15) is 5.75 Å². The van der Waals surface area contributed by atoms with Crippen LogP contribution in [0.25, 0.3) is 0 Å². The van der Waals surface area contributed by atoms with Crippen LogP contribution in [0.4, 0.5) is 0 Å². The van der Waals surface area contributed by atoms with E-state index in [2.05, 4.69) is 0 Å². The van der Waals surface area contributed by atoms with Gasteiger partial charge in [-0.05, 0) is 12.1 Å². The van der Waals surface area contributed by atoms with Gasteiger partial charge < -0.3 is 4.74 Å². The van der Waals surface area contributed by atoms with Gasteiger partial charge in [-0.3, -0.25) is 4.79 Å². The van der Waals surface area contributed by atoms with Crippen molar-refractivity contribution in [3.05, 3.63) is 27.7 Å². The van der Waals surface area contributed by atoms with E-state index in [9.17, 15) is 4.79 Å². The molecule has 0 aliphatic carbocycles. The third-order valence-corrected chi connectivity index (χ3v) is 2.94. The second-order valence-electron chi connectivity index (χ2n) is 2.52. The second-order valence-corrected chi connectivity index (χ2v) is 4.10. The van der Waals surface area contributed by atoms with Gasteiger partial charge in [0.25, 0.3) is 0 Å². The van der Waals surface area contributed by atoms with Gasteiger partial charge >= 0.3 is 0 Å². The molecule has 0 saturated heterocycles. The van der Waals surface area contributed by atoms with Crippen LogP contribution in [0.1, 0.15) is 10.4 Å². The van der Waals surface area contributed by atoms with Crippen LogP contribution < -0.4 is 4.74 Å². The first-order valence-electron chi connectivity index (χ1n) is 3.72. The maximum absolute atomic E-state index is 11.4. The molecule has 1 aromatic carbocycles. The van der Waals surface area contributed by atoms with Crippen molar-refractivity contribution >= 4 is 51.6 Å². The molecule has 0 N–H and O–H groups in total. The molecule has 0 atom stereocenters. The third-order valence-electron chi connectivity index (χ3n) is 1.65. The number of methoxy groups -OCH3 is 1. The fourth-order valence-corrected chi connectivity index (χ4v) is 2.06. The number of rotatable bonds is 3. The monoisotopic (exact) mass is 344 g/mol. The minimum atomic E-state index is -0.0803. The summed E-state index contributed by atoms with van der Waals surface area (Å²) >= 11 is 13.8. The Kier molecular flexibility index (Phi) is 4.47. The molecule has 0 aliphatic rings. The largest absolute Gasteiger partial charge is 0.497 e. The van der Waals surface area contributed by atoms with Gasteiger partial charge in [-0.25, -0.2) is 0 Å². The fourth-order valence-electron chi connectivity index (χ4n) is 1.00. The predicted molar refractivity (Wildman–Crippen MR) is 66.2 cm³/mol.